The second kappa shape index (κ2) is 8.54. The molecular formula is C20H24N2O4S. The number of nitrogens with one attached hydrogen (secondary N) is 1. The van der Waals surface area contributed by atoms with Gasteiger partial charge in [0.15, 0.2) is 0 Å². The number of likely N-dealkylation sites (tertiary alicyclic amines) is 1. The summed E-state index contributed by atoms with van der Waals surface area (Å²) in [6, 6.07) is 16.5. The maximum absolute atomic E-state index is 12.6. The molecule has 27 heavy (non-hydrogen) atoms. The van der Waals surface area contributed by atoms with Gasteiger partial charge in [-0.2, -0.15) is 0 Å². The van der Waals surface area contributed by atoms with E-state index in [9.17, 15) is 13.2 Å². The molecule has 0 radical (unpaired) electrons. The van der Waals surface area contributed by atoms with Gasteiger partial charge in [-0.25, -0.2) is 13.1 Å². The summed E-state index contributed by atoms with van der Waals surface area (Å²) in [5.74, 6) is 0.349. The number of benzene rings is 2. The summed E-state index contributed by atoms with van der Waals surface area (Å²) < 4.78 is 32.9. The third kappa shape index (κ3) is 4.87. The molecule has 0 saturated carbocycles. The van der Waals surface area contributed by atoms with Crippen LogP contribution in [0, 0.1) is 5.92 Å². The summed E-state index contributed by atoms with van der Waals surface area (Å²) >= 11 is 0. The van der Waals surface area contributed by atoms with Crippen LogP contribution in [0.5, 0.6) is 5.75 Å². The van der Waals surface area contributed by atoms with Gasteiger partial charge in [0.25, 0.3) is 0 Å². The number of ether oxygens (including phenoxy) is 1. The van der Waals surface area contributed by atoms with Crippen molar-refractivity contribution in [3.8, 4) is 5.75 Å². The molecule has 1 atom stereocenters. The molecule has 1 N–H and O–H groups in total. The molecule has 1 aliphatic rings. The summed E-state index contributed by atoms with van der Waals surface area (Å²) in [6.45, 7) is 1.45. The zero-order chi connectivity index (χ0) is 19.3. The predicted octanol–water partition coefficient (Wildman–Crippen LogP) is 2.06. The van der Waals surface area contributed by atoms with E-state index in [2.05, 4.69) is 4.72 Å². The lowest BCUT2D eigenvalue weighted by Gasteiger charge is -2.17. The van der Waals surface area contributed by atoms with Crippen molar-refractivity contribution in [1.82, 2.24) is 9.62 Å². The number of hydrogen-bond donors (Lipinski definition) is 1. The van der Waals surface area contributed by atoms with E-state index in [1.54, 1.807) is 18.2 Å². The molecule has 7 heteroatoms. The minimum atomic E-state index is -3.69. The lowest BCUT2D eigenvalue weighted by molar-refractivity contribution is -0.127. The van der Waals surface area contributed by atoms with Crippen LogP contribution in [0.3, 0.4) is 0 Å². The van der Waals surface area contributed by atoms with Gasteiger partial charge in [0.05, 0.1) is 7.11 Å². The molecular weight excluding hydrogens is 364 g/mol. The highest BCUT2D eigenvalue weighted by Gasteiger charge is 2.30. The molecule has 1 amide bonds. The summed E-state index contributed by atoms with van der Waals surface area (Å²) in [5, 5.41) is 0. The number of hydrogen-bond acceptors (Lipinski definition) is 4. The van der Waals surface area contributed by atoms with Gasteiger partial charge in [-0.3, -0.25) is 4.79 Å². The number of sulfonamides is 1. The van der Waals surface area contributed by atoms with Gasteiger partial charge in [0, 0.05) is 26.1 Å². The molecule has 1 unspecified atom stereocenters. The third-order valence-corrected chi connectivity index (χ3v) is 6.19. The van der Waals surface area contributed by atoms with E-state index < -0.39 is 10.0 Å². The monoisotopic (exact) mass is 388 g/mol. The van der Waals surface area contributed by atoms with Crippen molar-refractivity contribution in [2.75, 3.05) is 26.7 Å². The molecule has 1 heterocycles. The van der Waals surface area contributed by atoms with Crippen molar-refractivity contribution >= 4 is 15.9 Å². The number of methoxy groups -OCH3 is 1. The fraction of sp³-hybridized carbons (Fsp3) is 0.350. The standard InChI is InChI=1S/C20H24N2O4S/c1-26-18-9-5-6-10-19(18)27(24,25)21-14-17-13-20(23)22(15-17)12-11-16-7-3-2-4-8-16/h2-10,17,21H,11-15H2,1H3. The average molecular weight is 388 g/mol. The Morgan fingerprint density at radius 2 is 1.81 bits per heavy atom. The average Bonchev–Trinajstić information content (AvgIpc) is 3.05. The maximum atomic E-state index is 12.6. The SMILES string of the molecule is COc1ccccc1S(=O)(=O)NCC1CC(=O)N(CCc2ccccc2)C1. The van der Waals surface area contributed by atoms with Crippen LogP contribution in [0.25, 0.3) is 0 Å². The topological polar surface area (TPSA) is 75.7 Å². The highest BCUT2D eigenvalue weighted by molar-refractivity contribution is 7.89. The van der Waals surface area contributed by atoms with Crippen LogP contribution in [0.1, 0.15) is 12.0 Å². The molecule has 0 aromatic heterocycles. The minimum Gasteiger partial charge on any atom is -0.495 e. The lowest BCUT2D eigenvalue weighted by atomic mass is 10.1. The van der Waals surface area contributed by atoms with Gasteiger partial charge in [-0.05, 0) is 30.0 Å². The summed E-state index contributed by atoms with van der Waals surface area (Å²) in [5.41, 5.74) is 1.19. The van der Waals surface area contributed by atoms with E-state index in [1.807, 2.05) is 35.2 Å². The van der Waals surface area contributed by atoms with Gasteiger partial charge in [0.2, 0.25) is 15.9 Å². The zero-order valence-corrected chi connectivity index (χ0v) is 16.1. The Morgan fingerprint density at radius 1 is 1.11 bits per heavy atom. The van der Waals surface area contributed by atoms with E-state index in [4.69, 9.17) is 4.74 Å². The van der Waals surface area contributed by atoms with Crippen molar-refractivity contribution in [1.29, 1.82) is 0 Å². The van der Waals surface area contributed by atoms with Crippen molar-refractivity contribution in [3.63, 3.8) is 0 Å². The summed E-state index contributed by atoms with van der Waals surface area (Å²) in [4.78, 5) is 14.2. The first-order valence-corrected chi connectivity index (χ1v) is 10.4. The van der Waals surface area contributed by atoms with Crippen LogP contribution in [0.4, 0.5) is 0 Å². The summed E-state index contributed by atoms with van der Waals surface area (Å²) in [7, 11) is -2.25. The molecule has 1 saturated heterocycles. The Labute approximate surface area is 160 Å². The molecule has 0 bridgehead atoms. The molecule has 3 rings (SSSR count). The normalized spacial score (nSPS) is 17.3. The van der Waals surface area contributed by atoms with Gasteiger partial charge in [-0.15, -0.1) is 0 Å². The van der Waals surface area contributed by atoms with Crippen LogP contribution in [-0.2, 0) is 21.2 Å². The smallest absolute Gasteiger partial charge is 0.244 e. The molecule has 144 valence electrons. The Morgan fingerprint density at radius 3 is 2.56 bits per heavy atom. The fourth-order valence-electron chi connectivity index (χ4n) is 3.26. The molecule has 1 aliphatic heterocycles. The maximum Gasteiger partial charge on any atom is 0.244 e. The second-order valence-corrected chi connectivity index (χ2v) is 8.38. The number of rotatable bonds is 8. The Bertz CT molecular complexity index is 884. The van der Waals surface area contributed by atoms with E-state index in [0.29, 0.717) is 25.3 Å². The Balaban J connectivity index is 1.55. The van der Waals surface area contributed by atoms with Crippen LogP contribution in [0.15, 0.2) is 59.5 Å². The lowest BCUT2D eigenvalue weighted by Crippen LogP contribution is -2.32. The second-order valence-electron chi connectivity index (χ2n) is 6.65. The van der Waals surface area contributed by atoms with Gasteiger partial charge < -0.3 is 9.64 Å². The minimum absolute atomic E-state index is 0.0299. The Kier molecular flexibility index (Phi) is 6.13. The van der Waals surface area contributed by atoms with Crippen LogP contribution >= 0.6 is 0 Å². The van der Waals surface area contributed by atoms with E-state index in [1.165, 1.54) is 18.7 Å². The van der Waals surface area contributed by atoms with Crippen molar-refractivity contribution in [2.45, 2.75) is 17.7 Å². The first-order chi connectivity index (χ1) is 13.0. The Hall–Kier alpha value is -2.38. The highest BCUT2D eigenvalue weighted by atomic mass is 32.2. The molecule has 2 aromatic rings. The quantitative estimate of drug-likeness (QED) is 0.751. The molecule has 1 fully saturated rings. The van der Waals surface area contributed by atoms with Crippen molar-refractivity contribution in [2.24, 2.45) is 5.92 Å². The highest BCUT2D eigenvalue weighted by Crippen LogP contribution is 2.23. The first-order valence-electron chi connectivity index (χ1n) is 8.94. The fourth-order valence-corrected chi connectivity index (χ4v) is 4.55. The van der Waals surface area contributed by atoms with E-state index >= 15 is 0 Å². The number of nitrogens with zero attached hydrogens (tertiary/aromatic N) is 1. The molecule has 0 aliphatic carbocycles. The third-order valence-electron chi connectivity index (χ3n) is 4.73. The van der Waals surface area contributed by atoms with Gasteiger partial charge >= 0.3 is 0 Å². The number of para-hydroxylation sites is 1. The van der Waals surface area contributed by atoms with E-state index in [0.717, 1.165) is 6.42 Å². The van der Waals surface area contributed by atoms with Crippen molar-refractivity contribution < 1.29 is 17.9 Å². The summed E-state index contributed by atoms with van der Waals surface area (Å²) in [6.07, 6.45) is 1.16. The first kappa shape index (κ1) is 19.4. The predicted molar refractivity (Wildman–Crippen MR) is 103 cm³/mol. The number of carbonyl (C=O) groups is 1. The molecule has 2 aromatic carbocycles. The van der Waals surface area contributed by atoms with Crippen LogP contribution in [0.2, 0.25) is 0 Å². The van der Waals surface area contributed by atoms with Crippen LogP contribution in [-0.4, -0.2) is 46.0 Å². The van der Waals surface area contributed by atoms with Crippen LogP contribution < -0.4 is 9.46 Å². The largest absolute Gasteiger partial charge is 0.495 e. The molecule has 6 nitrogen and oxygen atoms in total. The van der Waals surface area contributed by atoms with Crippen molar-refractivity contribution in [3.05, 3.63) is 60.2 Å². The zero-order valence-electron chi connectivity index (χ0n) is 15.3. The number of carbonyl (C=O) groups excluding carboxylic acids is 1. The van der Waals surface area contributed by atoms with Gasteiger partial charge in [0.1, 0.15) is 10.6 Å². The molecule has 0 spiro atoms. The number of amides is 1. The van der Waals surface area contributed by atoms with Gasteiger partial charge in [-0.1, -0.05) is 42.5 Å². The van der Waals surface area contributed by atoms with E-state index in [-0.39, 0.29) is 23.3 Å².